The predicted octanol–water partition coefficient (Wildman–Crippen LogP) is 0.108. The largest absolute Gasteiger partial charge is 0.438 e. The first-order valence-corrected chi connectivity index (χ1v) is 8.99. The predicted molar refractivity (Wildman–Crippen MR) is 74.1 cm³/mol. The lowest BCUT2D eigenvalue weighted by molar-refractivity contribution is -1.17. The number of rotatable bonds is 3. The van der Waals surface area contributed by atoms with Gasteiger partial charge in [0.25, 0.3) is 0 Å². The summed E-state index contributed by atoms with van der Waals surface area (Å²) in [6, 6.07) is 0. The fourth-order valence-electron chi connectivity index (χ4n) is 1.56. The molecule has 0 saturated heterocycles. The first-order chi connectivity index (χ1) is 9.50. The number of halogens is 4. The minimum atomic E-state index is -5.54. The molecule has 0 saturated carbocycles. The van der Waals surface area contributed by atoms with Gasteiger partial charge in [0.05, 0.1) is 0 Å². The van der Waals surface area contributed by atoms with Gasteiger partial charge in [0, 0.05) is 18.7 Å². The summed E-state index contributed by atoms with van der Waals surface area (Å²) in [7, 11) is -10.3. The van der Waals surface area contributed by atoms with Crippen molar-refractivity contribution in [3.8, 4) is 0 Å². The molecule has 3 unspecified atom stereocenters. The summed E-state index contributed by atoms with van der Waals surface area (Å²) in [5, 5.41) is 4.13. The van der Waals surface area contributed by atoms with Crippen LogP contribution in [0.4, 0.5) is 0 Å². The van der Waals surface area contributed by atoms with Crippen molar-refractivity contribution in [2.75, 3.05) is 7.11 Å². The third-order valence-corrected chi connectivity index (χ3v) is 7.56. The average molecular weight is 444 g/mol. The van der Waals surface area contributed by atoms with Crippen molar-refractivity contribution in [2.45, 2.75) is 9.64 Å². The van der Waals surface area contributed by atoms with Gasteiger partial charge < -0.3 is 0 Å². The van der Waals surface area contributed by atoms with Crippen LogP contribution in [-0.4, -0.2) is 57.0 Å². The molecule has 17 heteroatoms. The average Bonchev–Trinajstić information content (AvgIpc) is 2.31. The van der Waals surface area contributed by atoms with E-state index in [2.05, 4.69) is 4.74 Å². The van der Waals surface area contributed by atoms with E-state index in [4.69, 9.17) is 56.8 Å². The SMILES string of the molecule is COC1(Cl)N(S(=O)(=O)O)C(Cl)=C(Cl)C(Cl)(S(=O)(=O)O)[N+]1(N)O. The fourth-order valence-corrected chi connectivity index (χ4v) is 5.12. The Bertz CT molecular complexity index is 734. The van der Waals surface area contributed by atoms with Crippen LogP contribution in [0.1, 0.15) is 0 Å². The third-order valence-electron chi connectivity index (χ3n) is 2.57. The van der Waals surface area contributed by atoms with Crippen LogP contribution >= 0.6 is 46.4 Å². The van der Waals surface area contributed by atoms with Crippen LogP contribution in [0.2, 0.25) is 0 Å². The monoisotopic (exact) mass is 442 g/mol. The van der Waals surface area contributed by atoms with E-state index < -0.39 is 49.3 Å². The zero-order valence-electron chi connectivity index (χ0n) is 10.2. The molecule has 0 aromatic carbocycles. The Morgan fingerprint density at radius 1 is 1.23 bits per heavy atom. The summed E-state index contributed by atoms with van der Waals surface area (Å²) in [6.07, 6.45) is 0. The molecule has 0 aromatic heterocycles. The molecule has 1 rings (SSSR count). The molecule has 0 fully saturated rings. The number of nitrogens with zero attached hydrogens (tertiary/aromatic N) is 2. The summed E-state index contributed by atoms with van der Waals surface area (Å²) in [6.45, 7) is 0. The van der Waals surface area contributed by atoms with Crippen molar-refractivity contribution in [1.82, 2.24) is 4.31 Å². The standard InChI is InChI=1S/C5H7Cl4N3O8S2/c1-20-5(9)11(22(17,18)19)3(7)2(6)4(8,12(5,10)13)21(14,15)16/h13H,10H2,1H3,(H-,14,15,16,17,18,19)/p+1. The van der Waals surface area contributed by atoms with Gasteiger partial charge in [0.1, 0.15) is 0 Å². The highest BCUT2D eigenvalue weighted by Crippen LogP contribution is 2.54. The van der Waals surface area contributed by atoms with Crippen molar-refractivity contribution in [3.05, 3.63) is 10.2 Å². The lowest BCUT2D eigenvalue weighted by Crippen LogP contribution is -2.82. The normalized spacial score (nSPS) is 37.6. The molecule has 1 aliphatic rings. The van der Waals surface area contributed by atoms with Crippen molar-refractivity contribution in [3.63, 3.8) is 0 Å². The molecule has 0 radical (unpaired) electrons. The van der Waals surface area contributed by atoms with Crippen molar-refractivity contribution in [2.24, 2.45) is 5.84 Å². The van der Waals surface area contributed by atoms with Gasteiger partial charge in [-0.25, -0.2) is 0 Å². The van der Waals surface area contributed by atoms with E-state index in [1.54, 1.807) is 0 Å². The molecule has 0 aromatic rings. The van der Waals surface area contributed by atoms with E-state index in [1.807, 2.05) is 0 Å². The summed E-state index contributed by atoms with van der Waals surface area (Å²) in [4.78, 5) is 0. The summed E-state index contributed by atoms with van der Waals surface area (Å²) < 4.78 is 61.7. The second kappa shape index (κ2) is 5.44. The molecule has 5 N–H and O–H groups in total. The highest BCUT2D eigenvalue weighted by atomic mass is 35.5. The highest BCUT2D eigenvalue weighted by molar-refractivity contribution is 7.88. The Labute approximate surface area is 144 Å². The fraction of sp³-hybridized carbons (Fsp3) is 0.600. The molecule has 1 heterocycles. The number of alkyl halides is 2. The number of methoxy groups -OCH3 is 1. The van der Waals surface area contributed by atoms with Gasteiger partial charge in [0.2, 0.25) is 0 Å². The zero-order chi connectivity index (χ0) is 17.9. The molecular weight excluding hydrogens is 436 g/mol. The van der Waals surface area contributed by atoms with E-state index in [-0.39, 0.29) is 0 Å². The molecule has 130 valence electrons. The number of ether oxygens (including phenoxy) is 1. The van der Waals surface area contributed by atoms with Gasteiger partial charge in [-0.2, -0.15) is 22.0 Å². The second-order valence-corrected chi connectivity index (χ2v) is 8.60. The van der Waals surface area contributed by atoms with Gasteiger partial charge in [-0.1, -0.05) is 23.2 Å². The van der Waals surface area contributed by atoms with Gasteiger partial charge in [-0.15, -0.1) is 10.1 Å². The summed E-state index contributed by atoms with van der Waals surface area (Å²) in [5.41, 5.74) is 0. The Balaban J connectivity index is 4.07. The maximum Gasteiger partial charge on any atom is 0.438 e. The van der Waals surface area contributed by atoms with Crippen LogP contribution in [0.5, 0.6) is 0 Å². The quantitative estimate of drug-likeness (QED) is 0.155. The molecular formula is C5H8Cl4N3O8S2+. The van der Waals surface area contributed by atoms with Crippen LogP contribution in [0.25, 0.3) is 0 Å². The maximum atomic E-state index is 11.5. The lowest BCUT2D eigenvalue weighted by atomic mass is 10.4. The number of hydrogen-bond donors (Lipinski definition) is 4. The van der Waals surface area contributed by atoms with Crippen LogP contribution < -0.4 is 5.84 Å². The van der Waals surface area contributed by atoms with E-state index in [9.17, 15) is 26.6 Å². The lowest BCUT2D eigenvalue weighted by Gasteiger charge is -2.49. The Morgan fingerprint density at radius 3 is 1.91 bits per heavy atom. The molecule has 22 heavy (non-hydrogen) atoms. The molecule has 1 aliphatic heterocycles. The Kier molecular flexibility index (Phi) is 5.04. The molecule has 0 aliphatic carbocycles. The topological polar surface area (TPSA) is 167 Å². The zero-order valence-corrected chi connectivity index (χ0v) is 14.8. The van der Waals surface area contributed by atoms with Gasteiger partial charge >= 0.3 is 30.1 Å². The maximum absolute atomic E-state index is 11.5. The molecule has 11 nitrogen and oxygen atoms in total. The molecule has 3 atom stereocenters. The minimum absolute atomic E-state index is 0.447. The van der Waals surface area contributed by atoms with Gasteiger partial charge in [-0.05, 0) is 16.4 Å². The smallest absolute Gasteiger partial charge is 0.294 e. The number of hydrogen-bond acceptors (Lipinski definition) is 7. The molecule has 0 spiro atoms. The van der Waals surface area contributed by atoms with E-state index in [1.165, 1.54) is 0 Å². The van der Waals surface area contributed by atoms with Crippen LogP contribution in [-0.2, 0) is 25.2 Å². The van der Waals surface area contributed by atoms with Gasteiger partial charge in [-0.3, -0.25) is 13.8 Å². The van der Waals surface area contributed by atoms with Crippen molar-refractivity contribution < 1.29 is 40.6 Å². The van der Waals surface area contributed by atoms with Crippen LogP contribution in [0, 0.1) is 0 Å². The first kappa shape index (κ1) is 20.4. The summed E-state index contributed by atoms with van der Waals surface area (Å²) >= 11 is 22.3. The third kappa shape index (κ3) is 2.40. The van der Waals surface area contributed by atoms with Gasteiger partial charge in [0.15, 0.2) is 10.2 Å². The highest BCUT2D eigenvalue weighted by Gasteiger charge is 2.80. The van der Waals surface area contributed by atoms with Crippen molar-refractivity contribution in [1.29, 1.82) is 0 Å². The van der Waals surface area contributed by atoms with Crippen LogP contribution in [0.3, 0.4) is 0 Å². The second-order valence-electron chi connectivity index (χ2n) is 3.80. The van der Waals surface area contributed by atoms with Crippen molar-refractivity contribution >= 4 is 66.8 Å². The van der Waals surface area contributed by atoms with E-state index in [0.717, 1.165) is 0 Å². The Hall–Kier alpha value is 0.360. The minimum Gasteiger partial charge on any atom is -0.294 e. The number of nitrogens with two attached hydrogens (primary N) is 1. The van der Waals surface area contributed by atoms with Crippen LogP contribution in [0.15, 0.2) is 10.2 Å². The first-order valence-electron chi connectivity index (χ1n) is 4.64. The molecule has 0 bridgehead atoms. The number of hydroxylamine groups is 2. The summed E-state index contributed by atoms with van der Waals surface area (Å²) in [5.74, 6) is 5.24. The van der Waals surface area contributed by atoms with E-state index >= 15 is 0 Å². The van der Waals surface area contributed by atoms with E-state index in [0.29, 0.717) is 7.11 Å². The Morgan fingerprint density at radius 2 is 1.64 bits per heavy atom. The molecule has 0 amide bonds. The number of quaternary nitrogens is 1.